The number of esters is 1. The summed E-state index contributed by atoms with van der Waals surface area (Å²) in [5, 5.41) is 0. The van der Waals surface area contributed by atoms with Gasteiger partial charge in [0.1, 0.15) is 0 Å². The van der Waals surface area contributed by atoms with Crippen LogP contribution in [-0.4, -0.2) is 30.6 Å². The maximum atomic E-state index is 10.8. The van der Waals surface area contributed by atoms with Crippen molar-refractivity contribution in [3.8, 4) is 12.0 Å². The predicted octanol–water partition coefficient (Wildman–Crippen LogP) is 0.852. The van der Waals surface area contributed by atoms with Gasteiger partial charge in [-0.05, 0) is 20.8 Å². The second kappa shape index (κ2) is 6.53. The van der Waals surface area contributed by atoms with Crippen molar-refractivity contribution >= 4 is 5.97 Å². The van der Waals surface area contributed by atoms with Gasteiger partial charge in [-0.15, -0.1) is 0 Å². The molecule has 68 valence electrons. The summed E-state index contributed by atoms with van der Waals surface area (Å²) >= 11 is 0. The van der Waals surface area contributed by atoms with Gasteiger partial charge in [0.15, 0.2) is 0 Å². The van der Waals surface area contributed by atoms with E-state index in [0.717, 1.165) is 13.1 Å². The second-order valence-electron chi connectivity index (χ2n) is 2.13. The van der Waals surface area contributed by atoms with Gasteiger partial charge in [-0.1, -0.05) is 0 Å². The van der Waals surface area contributed by atoms with E-state index in [4.69, 9.17) is 0 Å². The zero-order valence-corrected chi connectivity index (χ0v) is 7.89. The van der Waals surface area contributed by atoms with Crippen LogP contribution in [0.2, 0.25) is 0 Å². The summed E-state index contributed by atoms with van der Waals surface area (Å²) < 4.78 is 4.64. The highest BCUT2D eigenvalue weighted by Crippen LogP contribution is 1.82. The summed E-state index contributed by atoms with van der Waals surface area (Å²) in [4.78, 5) is 12.6. The lowest BCUT2D eigenvalue weighted by Gasteiger charge is -2.09. The van der Waals surface area contributed by atoms with Gasteiger partial charge in [0.2, 0.25) is 0 Å². The Labute approximate surface area is 73.7 Å². The van der Waals surface area contributed by atoms with Crippen LogP contribution in [0.15, 0.2) is 0 Å². The van der Waals surface area contributed by atoms with Gasteiger partial charge in [0.25, 0.3) is 0 Å². The van der Waals surface area contributed by atoms with E-state index in [1.165, 1.54) is 0 Å². The van der Waals surface area contributed by atoms with Crippen molar-refractivity contribution in [2.24, 2.45) is 0 Å². The molecule has 0 fully saturated rings. The number of rotatable bonds is 3. The van der Waals surface area contributed by atoms with Crippen LogP contribution in [0, 0.1) is 12.0 Å². The Kier molecular flexibility index (Phi) is 5.90. The Morgan fingerprint density at radius 3 is 2.33 bits per heavy atom. The van der Waals surface area contributed by atoms with Crippen LogP contribution in [0.4, 0.5) is 0 Å². The molecule has 0 rings (SSSR count). The highest BCUT2D eigenvalue weighted by Gasteiger charge is 1.94. The Balaban J connectivity index is 3.90. The molecule has 0 unspecified atom stereocenters. The minimum absolute atomic E-state index is 0.381. The Bertz CT molecular complexity index is 186. The normalized spacial score (nSPS) is 8.25. The molecule has 0 aliphatic carbocycles. The zero-order chi connectivity index (χ0) is 9.40. The third-order valence-electron chi connectivity index (χ3n) is 1.35. The summed E-state index contributed by atoms with van der Waals surface area (Å²) in [5.74, 6) is 1.95. The molecule has 0 aromatic carbocycles. The average molecular weight is 169 g/mol. The first-order valence-corrected chi connectivity index (χ1v) is 4.17. The molecule has 0 saturated heterocycles. The van der Waals surface area contributed by atoms with Crippen LogP contribution in [-0.2, 0) is 9.53 Å². The number of ether oxygens (including phenoxy) is 1. The van der Waals surface area contributed by atoms with E-state index in [1.54, 1.807) is 6.92 Å². The fourth-order valence-corrected chi connectivity index (χ4v) is 0.674. The van der Waals surface area contributed by atoms with Crippen molar-refractivity contribution in [2.75, 3.05) is 19.7 Å². The summed E-state index contributed by atoms with van der Waals surface area (Å²) in [6, 6.07) is 2.71. The first-order chi connectivity index (χ1) is 5.74. The lowest BCUT2D eigenvalue weighted by molar-refractivity contribution is -0.136. The van der Waals surface area contributed by atoms with Crippen molar-refractivity contribution in [3.05, 3.63) is 0 Å². The van der Waals surface area contributed by atoms with Crippen LogP contribution in [0.3, 0.4) is 0 Å². The van der Waals surface area contributed by atoms with Crippen molar-refractivity contribution in [2.45, 2.75) is 20.8 Å². The summed E-state index contributed by atoms with van der Waals surface area (Å²) in [5.41, 5.74) is 0. The molecular formula is C9H15NO2. The van der Waals surface area contributed by atoms with E-state index in [-0.39, 0.29) is 0 Å². The van der Waals surface area contributed by atoms with Crippen LogP contribution in [0.1, 0.15) is 20.8 Å². The smallest absolute Gasteiger partial charge is 0.386 e. The predicted molar refractivity (Wildman–Crippen MR) is 47.3 cm³/mol. The topological polar surface area (TPSA) is 29.5 Å². The van der Waals surface area contributed by atoms with Crippen molar-refractivity contribution < 1.29 is 9.53 Å². The highest BCUT2D eigenvalue weighted by atomic mass is 16.5. The first-order valence-electron chi connectivity index (χ1n) is 4.17. The molecular weight excluding hydrogens is 154 g/mol. The molecule has 0 aromatic rings. The van der Waals surface area contributed by atoms with Crippen molar-refractivity contribution in [1.29, 1.82) is 0 Å². The second-order valence-corrected chi connectivity index (χ2v) is 2.13. The van der Waals surface area contributed by atoms with Crippen LogP contribution < -0.4 is 0 Å². The molecule has 0 spiro atoms. The molecule has 0 bridgehead atoms. The van der Waals surface area contributed by atoms with E-state index in [9.17, 15) is 4.79 Å². The maximum absolute atomic E-state index is 10.8. The van der Waals surface area contributed by atoms with Gasteiger partial charge in [0, 0.05) is 25.1 Å². The van der Waals surface area contributed by atoms with Gasteiger partial charge >= 0.3 is 5.97 Å². The minimum Gasteiger partial charge on any atom is -0.456 e. The molecule has 0 heterocycles. The molecule has 3 heteroatoms. The first kappa shape index (κ1) is 10.8. The van der Waals surface area contributed by atoms with Gasteiger partial charge in [-0.3, -0.25) is 0 Å². The number of hydrogen-bond donors (Lipinski definition) is 0. The third-order valence-corrected chi connectivity index (χ3v) is 1.35. The standard InChI is InChI=1S/C9H15NO2/c1-4-10(5-2)8-7-9(11)12-6-3/h4-6H2,1-3H3. The fraction of sp³-hybridized carbons (Fsp3) is 0.667. The molecule has 0 amide bonds. The SMILES string of the molecule is CCOC(=O)C#CN(CC)CC. The van der Waals surface area contributed by atoms with Gasteiger partial charge in [-0.25, -0.2) is 4.79 Å². The van der Waals surface area contributed by atoms with E-state index in [2.05, 4.69) is 16.7 Å². The molecule has 0 aromatic heterocycles. The molecule has 0 radical (unpaired) electrons. The summed E-state index contributed by atoms with van der Waals surface area (Å²) in [6.07, 6.45) is 0. The fourth-order valence-electron chi connectivity index (χ4n) is 0.674. The molecule has 0 aliphatic heterocycles. The zero-order valence-electron chi connectivity index (χ0n) is 7.89. The lowest BCUT2D eigenvalue weighted by atomic mass is 10.5. The van der Waals surface area contributed by atoms with Gasteiger partial charge < -0.3 is 9.64 Å². The maximum Gasteiger partial charge on any atom is 0.386 e. The highest BCUT2D eigenvalue weighted by molar-refractivity contribution is 5.88. The van der Waals surface area contributed by atoms with E-state index < -0.39 is 5.97 Å². The molecule has 0 atom stereocenters. The molecule has 0 saturated carbocycles. The molecule has 0 aliphatic rings. The number of hydrogen-bond acceptors (Lipinski definition) is 3. The monoisotopic (exact) mass is 169 g/mol. The Morgan fingerprint density at radius 2 is 1.92 bits per heavy atom. The summed E-state index contributed by atoms with van der Waals surface area (Å²) in [6.45, 7) is 7.77. The van der Waals surface area contributed by atoms with E-state index >= 15 is 0 Å². The van der Waals surface area contributed by atoms with E-state index in [0.29, 0.717) is 6.61 Å². The lowest BCUT2D eigenvalue weighted by Crippen LogP contribution is -2.16. The minimum atomic E-state index is -0.454. The molecule has 0 N–H and O–H groups in total. The Morgan fingerprint density at radius 1 is 1.33 bits per heavy atom. The average Bonchev–Trinajstić information content (AvgIpc) is 2.07. The third kappa shape index (κ3) is 4.62. The number of carbonyl (C=O) groups is 1. The van der Waals surface area contributed by atoms with E-state index in [1.807, 2.05) is 18.7 Å². The number of nitrogens with zero attached hydrogens (tertiary/aromatic N) is 1. The van der Waals surface area contributed by atoms with Crippen LogP contribution in [0.25, 0.3) is 0 Å². The van der Waals surface area contributed by atoms with Gasteiger partial charge in [0.05, 0.1) is 6.61 Å². The van der Waals surface area contributed by atoms with Gasteiger partial charge in [-0.2, -0.15) is 0 Å². The summed E-state index contributed by atoms with van der Waals surface area (Å²) in [7, 11) is 0. The van der Waals surface area contributed by atoms with Crippen molar-refractivity contribution in [1.82, 2.24) is 4.90 Å². The van der Waals surface area contributed by atoms with Crippen LogP contribution in [0.5, 0.6) is 0 Å². The molecule has 3 nitrogen and oxygen atoms in total. The number of carbonyl (C=O) groups excluding carboxylic acids is 1. The van der Waals surface area contributed by atoms with Crippen LogP contribution >= 0.6 is 0 Å². The quantitative estimate of drug-likeness (QED) is 0.356. The molecule has 12 heavy (non-hydrogen) atoms. The largest absolute Gasteiger partial charge is 0.456 e. The van der Waals surface area contributed by atoms with Crippen molar-refractivity contribution in [3.63, 3.8) is 0 Å². The Hall–Kier alpha value is -1.17.